The molecule has 0 radical (unpaired) electrons. The van der Waals surface area contributed by atoms with Gasteiger partial charge in [0.05, 0.1) is 11.8 Å². The van der Waals surface area contributed by atoms with Crippen molar-refractivity contribution >= 4 is 11.6 Å². The summed E-state index contributed by atoms with van der Waals surface area (Å²) in [5, 5.41) is 16.0. The van der Waals surface area contributed by atoms with Gasteiger partial charge < -0.3 is 20.3 Å². The van der Waals surface area contributed by atoms with Gasteiger partial charge in [0.25, 0.3) is 5.91 Å². The molecule has 2 aromatic carbocycles. The standard InChI is InChI=1S/C22H24N4O2/c1-15(27)17-8-5-9-18(13-17)24-22(28)21-19-14-23-10-11-26(19)20(25-21)12-16-6-3-2-4-7-16/h2-9,13,15,23,27H,10-12,14H2,1H3,(H,24,28). The molecule has 1 amide bonds. The molecular formula is C22H24N4O2. The van der Waals surface area contributed by atoms with Crippen LogP contribution in [-0.4, -0.2) is 27.1 Å². The zero-order valence-corrected chi connectivity index (χ0v) is 15.9. The van der Waals surface area contributed by atoms with Crippen molar-refractivity contribution in [3.63, 3.8) is 0 Å². The van der Waals surface area contributed by atoms with Crippen LogP contribution in [0.2, 0.25) is 0 Å². The number of anilines is 1. The molecule has 1 atom stereocenters. The molecule has 144 valence electrons. The number of aliphatic hydroxyl groups is 1. The van der Waals surface area contributed by atoms with Gasteiger partial charge in [-0.15, -0.1) is 0 Å². The van der Waals surface area contributed by atoms with Crippen LogP contribution >= 0.6 is 0 Å². The van der Waals surface area contributed by atoms with E-state index in [0.29, 0.717) is 24.3 Å². The lowest BCUT2D eigenvalue weighted by molar-refractivity contribution is 0.102. The normalized spacial score (nSPS) is 14.4. The molecule has 0 saturated heterocycles. The van der Waals surface area contributed by atoms with E-state index in [4.69, 9.17) is 4.98 Å². The number of fused-ring (bicyclic) bond motifs is 1. The smallest absolute Gasteiger partial charge is 0.276 e. The lowest BCUT2D eigenvalue weighted by atomic mass is 10.1. The number of hydrogen-bond donors (Lipinski definition) is 3. The van der Waals surface area contributed by atoms with E-state index in [1.807, 2.05) is 36.4 Å². The quantitative estimate of drug-likeness (QED) is 0.640. The molecule has 2 heterocycles. The first-order valence-electron chi connectivity index (χ1n) is 9.54. The van der Waals surface area contributed by atoms with Gasteiger partial charge in [-0.05, 0) is 30.2 Å². The van der Waals surface area contributed by atoms with Crippen LogP contribution in [0, 0.1) is 0 Å². The van der Waals surface area contributed by atoms with Crippen molar-refractivity contribution in [2.45, 2.75) is 32.5 Å². The number of carbonyl (C=O) groups is 1. The van der Waals surface area contributed by atoms with Gasteiger partial charge in [0.15, 0.2) is 5.69 Å². The minimum absolute atomic E-state index is 0.227. The van der Waals surface area contributed by atoms with Gasteiger partial charge in [0.1, 0.15) is 5.82 Å². The fourth-order valence-electron chi connectivity index (χ4n) is 3.54. The van der Waals surface area contributed by atoms with Crippen LogP contribution in [0.3, 0.4) is 0 Å². The van der Waals surface area contributed by atoms with E-state index in [0.717, 1.165) is 30.2 Å². The molecule has 1 unspecified atom stereocenters. The highest BCUT2D eigenvalue weighted by molar-refractivity contribution is 6.03. The first-order valence-corrected chi connectivity index (χ1v) is 9.54. The van der Waals surface area contributed by atoms with Crippen molar-refractivity contribution in [1.82, 2.24) is 14.9 Å². The Balaban J connectivity index is 1.62. The molecule has 3 aromatic rings. The Bertz CT molecular complexity index is 979. The van der Waals surface area contributed by atoms with Crippen molar-refractivity contribution in [3.05, 3.63) is 82.9 Å². The average molecular weight is 376 g/mol. The summed E-state index contributed by atoms with van der Waals surface area (Å²) in [5.41, 5.74) is 3.96. The van der Waals surface area contributed by atoms with E-state index >= 15 is 0 Å². The molecule has 1 aliphatic rings. The number of benzene rings is 2. The molecule has 0 fully saturated rings. The van der Waals surface area contributed by atoms with Gasteiger partial charge in [-0.25, -0.2) is 4.98 Å². The van der Waals surface area contributed by atoms with Gasteiger partial charge in [-0.3, -0.25) is 4.79 Å². The number of nitrogens with zero attached hydrogens (tertiary/aromatic N) is 2. The summed E-state index contributed by atoms with van der Waals surface area (Å²) in [6.45, 7) is 3.99. The highest BCUT2D eigenvalue weighted by Gasteiger charge is 2.24. The minimum Gasteiger partial charge on any atom is -0.389 e. The van der Waals surface area contributed by atoms with Crippen molar-refractivity contribution in [2.75, 3.05) is 11.9 Å². The number of aromatic nitrogens is 2. The zero-order valence-electron chi connectivity index (χ0n) is 15.9. The average Bonchev–Trinajstić information content (AvgIpc) is 3.08. The summed E-state index contributed by atoms with van der Waals surface area (Å²) < 4.78 is 2.16. The third-order valence-electron chi connectivity index (χ3n) is 5.00. The van der Waals surface area contributed by atoms with E-state index < -0.39 is 6.10 Å². The molecule has 4 rings (SSSR count). The first kappa shape index (κ1) is 18.4. The molecule has 6 heteroatoms. The molecule has 0 saturated carbocycles. The highest BCUT2D eigenvalue weighted by Crippen LogP contribution is 2.21. The molecule has 3 N–H and O–H groups in total. The predicted octanol–water partition coefficient (Wildman–Crippen LogP) is 2.88. The summed E-state index contributed by atoms with van der Waals surface area (Å²) >= 11 is 0. The van der Waals surface area contributed by atoms with Crippen molar-refractivity contribution in [3.8, 4) is 0 Å². The number of amides is 1. The van der Waals surface area contributed by atoms with Gasteiger partial charge in [-0.2, -0.15) is 0 Å². The fraction of sp³-hybridized carbons (Fsp3) is 0.273. The number of imidazole rings is 1. The second-order valence-electron chi connectivity index (χ2n) is 7.07. The van der Waals surface area contributed by atoms with Crippen LogP contribution in [0.5, 0.6) is 0 Å². The Morgan fingerprint density at radius 2 is 2.07 bits per heavy atom. The van der Waals surface area contributed by atoms with E-state index in [2.05, 4.69) is 27.3 Å². The minimum atomic E-state index is -0.584. The molecule has 0 spiro atoms. The zero-order chi connectivity index (χ0) is 19.5. The van der Waals surface area contributed by atoms with Gasteiger partial charge in [-0.1, -0.05) is 42.5 Å². The first-order chi connectivity index (χ1) is 13.6. The maximum absolute atomic E-state index is 13.0. The second-order valence-corrected chi connectivity index (χ2v) is 7.07. The Hall–Kier alpha value is -2.96. The topological polar surface area (TPSA) is 79.2 Å². The molecule has 0 aliphatic carbocycles. The maximum atomic E-state index is 13.0. The highest BCUT2D eigenvalue weighted by atomic mass is 16.3. The Kier molecular flexibility index (Phi) is 5.23. The lowest BCUT2D eigenvalue weighted by Gasteiger charge is -2.18. The summed E-state index contributed by atoms with van der Waals surface area (Å²) in [7, 11) is 0. The lowest BCUT2D eigenvalue weighted by Crippen LogP contribution is -2.30. The molecular weight excluding hydrogens is 352 g/mol. The number of aliphatic hydroxyl groups excluding tert-OH is 1. The van der Waals surface area contributed by atoms with Crippen LogP contribution in [0.1, 0.15) is 46.2 Å². The molecule has 6 nitrogen and oxygen atoms in total. The van der Waals surface area contributed by atoms with Crippen LogP contribution in [0.15, 0.2) is 54.6 Å². The summed E-state index contributed by atoms with van der Waals surface area (Å²) in [6.07, 6.45) is 0.109. The Morgan fingerprint density at radius 3 is 2.86 bits per heavy atom. The monoisotopic (exact) mass is 376 g/mol. The van der Waals surface area contributed by atoms with Gasteiger partial charge >= 0.3 is 0 Å². The number of nitrogens with one attached hydrogen (secondary N) is 2. The predicted molar refractivity (Wildman–Crippen MR) is 108 cm³/mol. The fourth-order valence-corrected chi connectivity index (χ4v) is 3.54. The molecule has 28 heavy (non-hydrogen) atoms. The molecule has 1 aromatic heterocycles. The van der Waals surface area contributed by atoms with Gasteiger partial charge in [0, 0.05) is 31.7 Å². The SMILES string of the molecule is CC(O)c1cccc(NC(=O)c2nc(Cc3ccccc3)n3c2CNCC3)c1. The maximum Gasteiger partial charge on any atom is 0.276 e. The Labute approximate surface area is 164 Å². The van der Waals surface area contributed by atoms with Gasteiger partial charge in [0.2, 0.25) is 0 Å². The van der Waals surface area contributed by atoms with Crippen molar-refractivity contribution in [2.24, 2.45) is 0 Å². The van der Waals surface area contributed by atoms with E-state index in [-0.39, 0.29) is 5.91 Å². The molecule has 0 bridgehead atoms. The van der Waals surface area contributed by atoms with Crippen LogP contribution in [0.25, 0.3) is 0 Å². The number of rotatable bonds is 5. The van der Waals surface area contributed by atoms with Crippen LogP contribution < -0.4 is 10.6 Å². The van der Waals surface area contributed by atoms with Crippen molar-refractivity contribution in [1.29, 1.82) is 0 Å². The van der Waals surface area contributed by atoms with E-state index in [9.17, 15) is 9.90 Å². The number of carbonyl (C=O) groups excluding carboxylic acids is 1. The summed E-state index contributed by atoms with van der Waals surface area (Å²) in [5.74, 6) is 0.681. The van der Waals surface area contributed by atoms with Crippen molar-refractivity contribution < 1.29 is 9.90 Å². The summed E-state index contributed by atoms with van der Waals surface area (Å²) in [4.78, 5) is 17.7. The van der Waals surface area contributed by atoms with E-state index in [1.54, 1.807) is 13.0 Å². The third kappa shape index (κ3) is 3.83. The Morgan fingerprint density at radius 1 is 1.25 bits per heavy atom. The molecule has 1 aliphatic heterocycles. The largest absolute Gasteiger partial charge is 0.389 e. The second kappa shape index (κ2) is 7.96. The summed E-state index contributed by atoms with van der Waals surface area (Å²) in [6, 6.07) is 17.4. The third-order valence-corrected chi connectivity index (χ3v) is 5.00. The van der Waals surface area contributed by atoms with Crippen LogP contribution in [-0.2, 0) is 19.5 Å². The van der Waals surface area contributed by atoms with Crippen LogP contribution in [0.4, 0.5) is 5.69 Å². The number of hydrogen-bond acceptors (Lipinski definition) is 4. The van der Waals surface area contributed by atoms with E-state index in [1.165, 1.54) is 5.56 Å².